The van der Waals surface area contributed by atoms with Crippen molar-refractivity contribution < 1.29 is 4.92 Å². The number of hydrogen-bond donors (Lipinski definition) is 1. The molecule has 0 unspecified atom stereocenters. The number of rotatable bonds is 5. The van der Waals surface area contributed by atoms with Gasteiger partial charge in [-0.3, -0.25) is 10.1 Å². The van der Waals surface area contributed by atoms with Gasteiger partial charge in [-0.25, -0.2) is 0 Å². The first kappa shape index (κ1) is 11.7. The lowest BCUT2D eigenvalue weighted by atomic mass is 10.1. The van der Waals surface area contributed by atoms with Crippen molar-refractivity contribution in [3.8, 4) is 0 Å². The molecule has 0 saturated carbocycles. The molecule has 0 aliphatic rings. The molecule has 0 fully saturated rings. The Balaban J connectivity index is 2.54. The van der Waals surface area contributed by atoms with Gasteiger partial charge in [-0.15, -0.1) is 0 Å². The summed E-state index contributed by atoms with van der Waals surface area (Å²) in [6.07, 6.45) is 0.819. The monoisotopic (exact) mass is 208 g/mol. The van der Waals surface area contributed by atoms with Gasteiger partial charge in [-0.1, -0.05) is 26.0 Å². The van der Waals surface area contributed by atoms with Crippen LogP contribution in [0.5, 0.6) is 0 Å². The minimum absolute atomic E-state index is 0.164. The van der Waals surface area contributed by atoms with Crippen molar-refractivity contribution in [2.24, 2.45) is 0 Å². The Hall–Kier alpha value is -1.42. The Morgan fingerprint density at radius 1 is 1.47 bits per heavy atom. The molecule has 15 heavy (non-hydrogen) atoms. The smallest absolute Gasteiger partial charge is 0.269 e. The molecule has 4 nitrogen and oxygen atoms in total. The number of nitro groups is 1. The average molecular weight is 208 g/mol. The zero-order valence-electron chi connectivity index (χ0n) is 9.06. The Morgan fingerprint density at radius 3 is 2.80 bits per heavy atom. The highest BCUT2D eigenvalue weighted by Crippen LogP contribution is 2.13. The second-order valence-electron chi connectivity index (χ2n) is 3.79. The first-order valence-electron chi connectivity index (χ1n) is 5.06. The highest BCUT2D eigenvalue weighted by atomic mass is 16.6. The number of nitrogens with one attached hydrogen (secondary N) is 1. The normalized spacial score (nSPS) is 10.6. The lowest BCUT2D eigenvalue weighted by molar-refractivity contribution is -0.384. The van der Waals surface area contributed by atoms with Crippen molar-refractivity contribution >= 4 is 5.69 Å². The Kier molecular flexibility index (Phi) is 4.24. The molecular formula is C11H16N2O2. The van der Waals surface area contributed by atoms with E-state index < -0.39 is 0 Å². The summed E-state index contributed by atoms with van der Waals surface area (Å²) < 4.78 is 0. The largest absolute Gasteiger partial charge is 0.314 e. The fraction of sp³-hybridized carbons (Fsp3) is 0.455. The zero-order valence-corrected chi connectivity index (χ0v) is 9.06. The van der Waals surface area contributed by atoms with Gasteiger partial charge in [0.25, 0.3) is 5.69 Å². The first-order chi connectivity index (χ1) is 7.09. The molecule has 1 aromatic rings. The number of benzene rings is 1. The van der Waals surface area contributed by atoms with Crippen LogP contribution in [0.2, 0.25) is 0 Å². The van der Waals surface area contributed by atoms with E-state index in [-0.39, 0.29) is 10.6 Å². The fourth-order valence-electron chi connectivity index (χ4n) is 1.33. The topological polar surface area (TPSA) is 55.2 Å². The summed E-state index contributed by atoms with van der Waals surface area (Å²) in [6.45, 7) is 5.00. The molecule has 0 heterocycles. The van der Waals surface area contributed by atoms with E-state index in [0.717, 1.165) is 18.5 Å². The number of non-ortho nitro benzene ring substituents is 1. The summed E-state index contributed by atoms with van der Waals surface area (Å²) in [6, 6.07) is 7.22. The van der Waals surface area contributed by atoms with Gasteiger partial charge < -0.3 is 5.32 Å². The molecule has 0 saturated heterocycles. The van der Waals surface area contributed by atoms with Crippen molar-refractivity contribution in [2.45, 2.75) is 26.3 Å². The van der Waals surface area contributed by atoms with Gasteiger partial charge in [0.2, 0.25) is 0 Å². The summed E-state index contributed by atoms with van der Waals surface area (Å²) in [7, 11) is 0. The van der Waals surface area contributed by atoms with Crippen LogP contribution in [0, 0.1) is 10.1 Å². The highest BCUT2D eigenvalue weighted by molar-refractivity contribution is 5.34. The molecule has 0 atom stereocenters. The van der Waals surface area contributed by atoms with E-state index in [1.807, 2.05) is 6.07 Å². The second kappa shape index (κ2) is 5.46. The van der Waals surface area contributed by atoms with Crippen LogP contribution in [0.1, 0.15) is 19.4 Å². The third-order valence-electron chi connectivity index (χ3n) is 2.09. The van der Waals surface area contributed by atoms with Gasteiger partial charge in [-0.2, -0.15) is 0 Å². The number of nitrogens with zero attached hydrogens (tertiary/aromatic N) is 1. The second-order valence-corrected chi connectivity index (χ2v) is 3.79. The minimum atomic E-state index is -0.362. The van der Waals surface area contributed by atoms with Gasteiger partial charge >= 0.3 is 0 Å². The van der Waals surface area contributed by atoms with E-state index in [1.54, 1.807) is 12.1 Å². The van der Waals surface area contributed by atoms with Crippen LogP contribution in [0.15, 0.2) is 24.3 Å². The van der Waals surface area contributed by atoms with E-state index in [1.165, 1.54) is 6.07 Å². The fourth-order valence-corrected chi connectivity index (χ4v) is 1.33. The van der Waals surface area contributed by atoms with Crippen LogP contribution in [0.25, 0.3) is 0 Å². The lowest BCUT2D eigenvalue weighted by Gasteiger charge is -2.07. The average Bonchev–Trinajstić information content (AvgIpc) is 2.17. The molecule has 4 heteroatoms. The molecule has 0 radical (unpaired) electrons. The van der Waals surface area contributed by atoms with Crippen LogP contribution in [-0.2, 0) is 6.42 Å². The maximum Gasteiger partial charge on any atom is 0.269 e. The zero-order chi connectivity index (χ0) is 11.3. The van der Waals surface area contributed by atoms with Crippen molar-refractivity contribution in [1.82, 2.24) is 5.32 Å². The van der Waals surface area contributed by atoms with Crippen molar-refractivity contribution in [1.29, 1.82) is 0 Å². The van der Waals surface area contributed by atoms with Gasteiger partial charge in [0.15, 0.2) is 0 Å². The Morgan fingerprint density at radius 2 is 2.20 bits per heavy atom. The van der Waals surface area contributed by atoms with Crippen LogP contribution in [0.4, 0.5) is 5.69 Å². The maximum atomic E-state index is 10.5. The quantitative estimate of drug-likeness (QED) is 0.595. The SMILES string of the molecule is CC(C)NCCc1cccc([N+](=O)[O-])c1. The summed E-state index contributed by atoms with van der Waals surface area (Å²) in [4.78, 5) is 10.2. The summed E-state index contributed by atoms with van der Waals surface area (Å²) >= 11 is 0. The Labute approximate surface area is 89.5 Å². The molecule has 0 bridgehead atoms. The van der Waals surface area contributed by atoms with E-state index in [4.69, 9.17) is 0 Å². The van der Waals surface area contributed by atoms with Gasteiger partial charge in [0.05, 0.1) is 4.92 Å². The van der Waals surface area contributed by atoms with Crippen LogP contribution in [-0.4, -0.2) is 17.5 Å². The van der Waals surface area contributed by atoms with Gasteiger partial charge in [0, 0.05) is 18.2 Å². The van der Waals surface area contributed by atoms with Gasteiger partial charge in [0.1, 0.15) is 0 Å². The molecule has 0 aromatic heterocycles. The minimum Gasteiger partial charge on any atom is -0.314 e. The predicted octanol–water partition coefficient (Wildman–Crippen LogP) is 2.14. The highest BCUT2D eigenvalue weighted by Gasteiger charge is 2.05. The van der Waals surface area contributed by atoms with Crippen LogP contribution >= 0.6 is 0 Å². The summed E-state index contributed by atoms with van der Waals surface area (Å²) in [5, 5.41) is 13.8. The summed E-state index contributed by atoms with van der Waals surface area (Å²) in [5.41, 5.74) is 1.16. The van der Waals surface area contributed by atoms with Crippen molar-refractivity contribution in [3.63, 3.8) is 0 Å². The maximum absolute atomic E-state index is 10.5. The van der Waals surface area contributed by atoms with Crippen LogP contribution < -0.4 is 5.32 Å². The molecule has 82 valence electrons. The summed E-state index contributed by atoms with van der Waals surface area (Å²) in [5.74, 6) is 0. The van der Waals surface area contributed by atoms with E-state index in [0.29, 0.717) is 6.04 Å². The van der Waals surface area contributed by atoms with Crippen molar-refractivity contribution in [2.75, 3.05) is 6.54 Å². The van der Waals surface area contributed by atoms with Crippen LogP contribution in [0.3, 0.4) is 0 Å². The van der Waals surface area contributed by atoms with E-state index in [2.05, 4.69) is 19.2 Å². The molecule has 0 aliphatic carbocycles. The van der Waals surface area contributed by atoms with E-state index in [9.17, 15) is 10.1 Å². The molecule has 1 rings (SSSR count). The standard InChI is InChI=1S/C11H16N2O2/c1-9(2)12-7-6-10-4-3-5-11(8-10)13(14)15/h3-5,8-9,12H,6-7H2,1-2H3. The molecule has 0 spiro atoms. The molecule has 1 N–H and O–H groups in total. The van der Waals surface area contributed by atoms with Crippen molar-refractivity contribution in [3.05, 3.63) is 39.9 Å². The third kappa shape index (κ3) is 4.08. The molecule has 0 amide bonds. The Bertz CT molecular complexity index is 337. The molecular weight excluding hydrogens is 192 g/mol. The van der Waals surface area contributed by atoms with Gasteiger partial charge in [-0.05, 0) is 18.5 Å². The lowest BCUT2D eigenvalue weighted by Crippen LogP contribution is -2.24. The molecule has 0 aliphatic heterocycles. The van der Waals surface area contributed by atoms with E-state index >= 15 is 0 Å². The first-order valence-corrected chi connectivity index (χ1v) is 5.06. The molecule has 1 aromatic carbocycles. The number of hydrogen-bond acceptors (Lipinski definition) is 3. The number of nitro benzene ring substituents is 1. The third-order valence-corrected chi connectivity index (χ3v) is 2.09. The predicted molar refractivity (Wildman–Crippen MR) is 59.9 cm³/mol.